The highest BCUT2D eigenvalue weighted by molar-refractivity contribution is 7.91. The van der Waals surface area contributed by atoms with Gasteiger partial charge in [-0.15, -0.1) is 11.3 Å². The van der Waals surface area contributed by atoms with Gasteiger partial charge in [-0.3, -0.25) is 9.59 Å². The SMILES string of the molecule is O=C(Cc1ccc(S(=O)(=O)N2CCCCC2)s1)Nc1cccc(C(=O)c2ccccc2)c1. The van der Waals surface area contributed by atoms with Crippen molar-refractivity contribution in [1.82, 2.24) is 4.31 Å². The molecular formula is C24H24N2O4S2. The molecule has 1 amide bonds. The Labute approximate surface area is 191 Å². The third kappa shape index (κ3) is 5.15. The van der Waals surface area contributed by atoms with Gasteiger partial charge >= 0.3 is 0 Å². The molecule has 4 rings (SSSR count). The van der Waals surface area contributed by atoms with Crippen molar-refractivity contribution < 1.29 is 18.0 Å². The van der Waals surface area contributed by atoms with E-state index in [1.807, 2.05) is 6.07 Å². The van der Waals surface area contributed by atoms with Crippen LogP contribution in [0.25, 0.3) is 0 Å². The van der Waals surface area contributed by atoms with Crippen LogP contribution in [0.4, 0.5) is 5.69 Å². The summed E-state index contributed by atoms with van der Waals surface area (Å²) in [5.74, 6) is -0.384. The largest absolute Gasteiger partial charge is 0.326 e. The first-order chi connectivity index (χ1) is 15.4. The number of benzene rings is 2. The van der Waals surface area contributed by atoms with Crippen molar-refractivity contribution >= 4 is 38.7 Å². The lowest BCUT2D eigenvalue weighted by molar-refractivity contribution is -0.115. The van der Waals surface area contributed by atoms with Gasteiger partial charge in [-0.1, -0.05) is 48.9 Å². The third-order valence-electron chi connectivity index (χ3n) is 5.33. The molecule has 1 saturated heterocycles. The van der Waals surface area contributed by atoms with Crippen LogP contribution in [0.2, 0.25) is 0 Å². The Morgan fingerprint density at radius 3 is 2.34 bits per heavy atom. The number of carbonyl (C=O) groups excluding carboxylic acids is 2. The van der Waals surface area contributed by atoms with Crippen molar-refractivity contribution in [3.8, 4) is 0 Å². The Kier molecular flexibility index (Phi) is 6.83. The molecule has 3 aromatic rings. The van der Waals surface area contributed by atoms with Gasteiger partial charge in [0.2, 0.25) is 5.91 Å². The van der Waals surface area contributed by atoms with Crippen molar-refractivity contribution in [3.05, 3.63) is 82.7 Å². The first-order valence-corrected chi connectivity index (χ1v) is 12.8. The summed E-state index contributed by atoms with van der Waals surface area (Å²) in [7, 11) is -3.49. The quantitative estimate of drug-likeness (QED) is 0.523. The maximum absolute atomic E-state index is 12.8. The summed E-state index contributed by atoms with van der Waals surface area (Å²) in [6.07, 6.45) is 2.88. The minimum absolute atomic E-state index is 0.0665. The molecule has 0 aliphatic carbocycles. The fraction of sp³-hybridized carbons (Fsp3) is 0.250. The number of amides is 1. The third-order valence-corrected chi connectivity index (χ3v) is 8.78. The summed E-state index contributed by atoms with van der Waals surface area (Å²) in [6.45, 7) is 1.10. The minimum atomic E-state index is -3.49. The Hall–Kier alpha value is -2.81. The van der Waals surface area contributed by atoms with Crippen LogP contribution in [-0.4, -0.2) is 37.5 Å². The number of carbonyl (C=O) groups is 2. The van der Waals surface area contributed by atoms with E-state index in [-0.39, 0.29) is 22.3 Å². The van der Waals surface area contributed by atoms with E-state index in [0.717, 1.165) is 30.6 Å². The first-order valence-electron chi connectivity index (χ1n) is 10.5. The van der Waals surface area contributed by atoms with Crippen molar-refractivity contribution in [3.63, 3.8) is 0 Å². The van der Waals surface area contributed by atoms with Gasteiger partial charge < -0.3 is 5.32 Å². The van der Waals surface area contributed by atoms with E-state index >= 15 is 0 Å². The second-order valence-electron chi connectivity index (χ2n) is 7.69. The summed E-state index contributed by atoms with van der Waals surface area (Å²) >= 11 is 1.13. The van der Waals surface area contributed by atoms with E-state index < -0.39 is 10.0 Å². The van der Waals surface area contributed by atoms with Gasteiger partial charge in [-0.2, -0.15) is 4.31 Å². The zero-order valence-corrected chi connectivity index (χ0v) is 19.1. The van der Waals surface area contributed by atoms with Crippen molar-refractivity contribution in [1.29, 1.82) is 0 Å². The predicted octanol–water partition coefficient (Wildman–Crippen LogP) is 4.33. The van der Waals surface area contributed by atoms with Crippen LogP contribution < -0.4 is 5.32 Å². The molecule has 1 aliphatic heterocycles. The molecule has 1 aromatic heterocycles. The van der Waals surface area contributed by atoms with Crippen LogP contribution in [0.3, 0.4) is 0 Å². The van der Waals surface area contributed by atoms with Crippen LogP contribution in [0.5, 0.6) is 0 Å². The molecule has 1 fully saturated rings. The molecule has 0 atom stereocenters. The number of nitrogens with zero attached hydrogens (tertiary/aromatic N) is 1. The second-order valence-corrected chi connectivity index (χ2v) is 11.0. The average molecular weight is 469 g/mol. The van der Waals surface area contributed by atoms with Crippen LogP contribution in [0.15, 0.2) is 70.9 Å². The number of thiophene rings is 1. The lowest BCUT2D eigenvalue weighted by Crippen LogP contribution is -2.35. The standard InChI is InChI=1S/C24H24N2O4S2/c27-22(17-21-12-13-23(31-21)32(29,30)26-14-5-2-6-15-26)25-20-11-7-10-19(16-20)24(28)18-8-3-1-4-9-18/h1,3-4,7-13,16H,2,5-6,14-15,17H2,(H,25,27). The Morgan fingerprint density at radius 1 is 0.875 bits per heavy atom. The van der Waals surface area contributed by atoms with Crippen LogP contribution >= 0.6 is 11.3 Å². The monoisotopic (exact) mass is 468 g/mol. The number of nitrogens with one attached hydrogen (secondary N) is 1. The van der Waals surface area contributed by atoms with E-state index in [1.54, 1.807) is 60.7 Å². The van der Waals surface area contributed by atoms with Crippen molar-refractivity contribution in [2.24, 2.45) is 0 Å². The summed E-state index contributed by atoms with van der Waals surface area (Å²) in [6, 6.07) is 19.0. The number of piperidine rings is 1. The van der Waals surface area contributed by atoms with Gasteiger partial charge in [0.25, 0.3) is 10.0 Å². The highest BCUT2D eigenvalue weighted by Crippen LogP contribution is 2.27. The highest BCUT2D eigenvalue weighted by Gasteiger charge is 2.27. The van der Waals surface area contributed by atoms with Crippen molar-refractivity contribution in [2.45, 2.75) is 29.9 Å². The number of anilines is 1. The Balaban J connectivity index is 1.41. The van der Waals surface area contributed by atoms with Crippen LogP contribution in [0.1, 0.15) is 40.1 Å². The first kappa shape index (κ1) is 22.4. The van der Waals surface area contributed by atoms with E-state index in [0.29, 0.717) is 34.8 Å². The van der Waals surface area contributed by atoms with Gasteiger partial charge in [-0.25, -0.2) is 8.42 Å². The molecule has 0 unspecified atom stereocenters. The molecule has 0 saturated carbocycles. The molecule has 0 radical (unpaired) electrons. The van der Waals surface area contributed by atoms with E-state index in [2.05, 4.69) is 5.32 Å². The lowest BCUT2D eigenvalue weighted by atomic mass is 10.0. The fourth-order valence-corrected chi connectivity index (χ4v) is 6.71. The summed E-state index contributed by atoms with van der Waals surface area (Å²) in [5.41, 5.74) is 1.59. The van der Waals surface area contributed by atoms with Crippen molar-refractivity contribution in [2.75, 3.05) is 18.4 Å². The normalized spacial score (nSPS) is 14.8. The molecule has 1 N–H and O–H groups in total. The molecular weight excluding hydrogens is 444 g/mol. The fourth-order valence-electron chi connectivity index (χ4n) is 3.68. The number of ketones is 1. The number of hydrogen-bond donors (Lipinski definition) is 1. The highest BCUT2D eigenvalue weighted by atomic mass is 32.2. The van der Waals surface area contributed by atoms with Gasteiger partial charge in [-0.05, 0) is 37.1 Å². The topological polar surface area (TPSA) is 83.6 Å². The lowest BCUT2D eigenvalue weighted by Gasteiger charge is -2.25. The smallest absolute Gasteiger partial charge is 0.252 e. The van der Waals surface area contributed by atoms with Gasteiger partial charge in [0.05, 0.1) is 6.42 Å². The average Bonchev–Trinajstić information content (AvgIpc) is 3.29. The molecule has 1 aliphatic rings. The van der Waals surface area contributed by atoms with Gasteiger partial charge in [0.15, 0.2) is 5.78 Å². The molecule has 8 heteroatoms. The van der Waals surface area contributed by atoms with Crippen LogP contribution in [0, 0.1) is 0 Å². The maximum atomic E-state index is 12.8. The Bertz CT molecular complexity index is 1210. The van der Waals surface area contributed by atoms with E-state index in [9.17, 15) is 18.0 Å². The van der Waals surface area contributed by atoms with Gasteiger partial charge in [0.1, 0.15) is 4.21 Å². The molecule has 0 spiro atoms. The predicted molar refractivity (Wildman–Crippen MR) is 126 cm³/mol. The summed E-state index contributed by atoms with van der Waals surface area (Å²) < 4.78 is 27.4. The zero-order valence-electron chi connectivity index (χ0n) is 17.5. The molecule has 0 bridgehead atoms. The maximum Gasteiger partial charge on any atom is 0.252 e. The van der Waals surface area contributed by atoms with E-state index in [4.69, 9.17) is 0 Å². The number of hydrogen-bond acceptors (Lipinski definition) is 5. The molecule has 2 heterocycles. The number of rotatable bonds is 7. The summed E-state index contributed by atoms with van der Waals surface area (Å²) in [4.78, 5) is 25.9. The van der Waals surface area contributed by atoms with Crippen LogP contribution in [-0.2, 0) is 21.2 Å². The van der Waals surface area contributed by atoms with E-state index in [1.165, 1.54) is 4.31 Å². The number of sulfonamides is 1. The molecule has 2 aromatic carbocycles. The minimum Gasteiger partial charge on any atom is -0.326 e. The summed E-state index contributed by atoms with van der Waals surface area (Å²) in [5, 5.41) is 2.80. The second kappa shape index (κ2) is 9.77. The zero-order chi connectivity index (χ0) is 22.6. The Morgan fingerprint density at radius 2 is 1.59 bits per heavy atom. The molecule has 166 valence electrons. The van der Waals surface area contributed by atoms with Gasteiger partial charge in [0, 0.05) is 34.8 Å². The molecule has 32 heavy (non-hydrogen) atoms. The molecule has 6 nitrogen and oxygen atoms in total.